The summed E-state index contributed by atoms with van der Waals surface area (Å²) in [6, 6.07) is 9.35. The number of unbranched alkanes of at least 4 members (excludes halogenated alkanes) is 3. The van der Waals surface area contributed by atoms with Gasteiger partial charge >= 0.3 is 0 Å². The molecule has 1 saturated heterocycles. The van der Waals surface area contributed by atoms with Gasteiger partial charge in [-0.05, 0) is 68.8 Å². The second-order valence-corrected chi connectivity index (χ2v) is 8.15. The molecule has 1 aromatic carbocycles. The average molecular weight is 345 g/mol. The highest BCUT2D eigenvalue weighted by atomic mass is 15.1. The Morgan fingerprint density at radius 2 is 1.88 bits per heavy atom. The largest absolute Gasteiger partial charge is 0.372 e. The summed E-state index contributed by atoms with van der Waals surface area (Å²) in [5, 5.41) is 0. The fraction of sp³-hybridized carbons (Fsp3) is 0.739. The molecule has 1 aromatic rings. The highest BCUT2D eigenvalue weighted by molar-refractivity contribution is 5.50. The van der Waals surface area contributed by atoms with Crippen LogP contribution < -0.4 is 4.90 Å². The first-order valence-corrected chi connectivity index (χ1v) is 10.6. The van der Waals surface area contributed by atoms with E-state index in [1.165, 1.54) is 63.0 Å². The molecule has 25 heavy (non-hydrogen) atoms. The third-order valence-electron chi connectivity index (χ3n) is 6.53. The Labute approximate surface area is 156 Å². The molecule has 0 N–H and O–H groups in total. The summed E-state index contributed by atoms with van der Waals surface area (Å²) in [5.41, 5.74) is 3.23. The topological polar surface area (TPSA) is 6.48 Å². The first-order chi connectivity index (χ1) is 12.0. The zero-order valence-corrected chi connectivity index (χ0v) is 17.4. The average Bonchev–Trinajstić information content (AvgIpc) is 2.63. The minimum atomic E-state index is 0.309. The van der Waals surface area contributed by atoms with Crippen LogP contribution >= 0.6 is 0 Å². The van der Waals surface area contributed by atoms with Crippen LogP contribution in [0, 0.1) is 5.92 Å². The standard InChI is InChI=1S/C23H40N2/c1-6-9-10-11-16-24-17-15-23(5,20(4)19-24)21-13-12-14-22(18-21)25(7-2)8-3/h12-14,18,20H,6-11,15-17,19H2,1-5H3. The molecule has 1 fully saturated rings. The van der Waals surface area contributed by atoms with Crippen LogP contribution in [0.4, 0.5) is 5.69 Å². The minimum absolute atomic E-state index is 0.309. The Balaban J connectivity index is 2.03. The normalized spacial score (nSPS) is 24.4. The van der Waals surface area contributed by atoms with Crippen LogP contribution in [0.5, 0.6) is 0 Å². The lowest BCUT2D eigenvalue weighted by Gasteiger charge is -2.45. The molecule has 2 unspecified atom stereocenters. The van der Waals surface area contributed by atoms with E-state index in [1.807, 2.05) is 0 Å². The van der Waals surface area contributed by atoms with Gasteiger partial charge in [-0.2, -0.15) is 0 Å². The molecular weight excluding hydrogens is 304 g/mol. The predicted octanol–water partition coefficient (Wildman–Crippen LogP) is 5.71. The van der Waals surface area contributed by atoms with Gasteiger partial charge in [-0.1, -0.05) is 52.2 Å². The molecule has 0 amide bonds. The number of rotatable bonds is 9. The molecule has 1 aliphatic rings. The second kappa shape index (κ2) is 9.62. The second-order valence-electron chi connectivity index (χ2n) is 8.15. The van der Waals surface area contributed by atoms with Crippen molar-refractivity contribution in [2.24, 2.45) is 5.92 Å². The van der Waals surface area contributed by atoms with Gasteiger partial charge in [0.05, 0.1) is 0 Å². The third-order valence-corrected chi connectivity index (χ3v) is 6.53. The van der Waals surface area contributed by atoms with Gasteiger partial charge in [0.2, 0.25) is 0 Å². The van der Waals surface area contributed by atoms with Gasteiger partial charge in [-0.15, -0.1) is 0 Å². The number of hydrogen-bond donors (Lipinski definition) is 0. The van der Waals surface area contributed by atoms with E-state index in [0.717, 1.165) is 13.1 Å². The monoisotopic (exact) mass is 344 g/mol. The van der Waals surface area contributed by atoms with E-state index in [-0.39, 0.29) is 0 Å². The Hall–Kier alpha value is -1.02. The molecule has 0 saturated carbocycles. The summed E-state index contributed by atoms with van der Waals surface area (Å²) in [4.78, 5) is 5.16. The van der Waals surface area contributed by atoms with E-state index in [2.05, 4.69) is 68.7 Å². The number of benzene rings is 1. The Morgan fingerprint density at radius 1 is 1.12 bits per heavy atom. The van der Waals surface area contributed by atoms with Gasteiger partial charge in [-0.3, -0.25) is 0 Å². The van der Waals surface area contributed by atoms with Gasteiger partial charge in [0.15, 0.2) is 0 Å². The van der Waals surface area contributed by atoms with E-state index in [0.29, 0.717) is 11.3 Å². The van der Waals surface area contributed by atoms with Crippen LogP contribution in [0.2, 0.25) is 0 Å². The predicted molar refractivity (Wildman–Crippen MR) is 112 cm³/mol. The van der Waals surface area contributed by atoms with Crippen molar-refractivity contribution in [3.05, 3.63) is 29.8 Å². The summed E-state index contributed by atoms with van der Waals surface area (Å²) in [6.07, 6.45) is 6.76. The molecule has 0 bridgehead atoms. The lowest BCUT2D eigenvalue weighted by Crippen LogP contribution is -2.47. The maximum absolute atomic E-state index is 2.70. The lowest BCUT2D eigenvalue weighted by atomic mass is 9.68. The molecule has 142 valence electrons. The molecular formula is C23H40N2. The summed E-state index contributed by atoms with van der Waals surface area (Å²) < 4.78 is 0. The van der Waals surface area contributed by atoms with E-state index in [4.69, 9.17) is 0 Å². The van der Waals surface area contributed by atoms with Crippen molar-refractivity contribution in [1.82, 2.24) is 4.90 Å². The maximum Gasteiger partial charge on any atom is 0.0368 e. The first kappa shape index (κ1) is 20.3. The fourth-order valence-electron chi connectivity index (χ4n) is 4.36. The summed E-state index contributed by atoms with van der Waals surface area (Å²) in [6.45, 7) is 17.7. The van der Waals surface area contributed by atoms with Crippen LogP contribution in [0.15, 0.2) is 24.3 Å². The number of piperidine rings is 1. The SMILES string of the molecule is CCCCCCN1CCC(C)(c2cccc(N(CC)CC)c2)C(C)C1. The maximum atomic E-state index is 2.70. The van der Waals surface area contributed by atoms with E-state index in [9.17, 15) is 0 Å². The molecule has 0 aromatic heterocycles. The van der Waals surface area contributed by atoms with Crippen molar-refractivity contribution < 1.29 is 0 Å². The van der Waals surface area contributed by atoms with Crippen LogP contribution in [-0.2, 0) is 5.41 Å². The Kier molecular flexibility index (Phi) is 7.81. The number of hydrogen-bond acceptors (Lipinski definition) is 2. The highest BCUT2D eigenvalue weighted by Crippen LogP contribution is 2.40. The zero-order chi connectivity index (χ0) is 18.3. The Morgan fingerprint density at radius 3 is 2.52 bits per heavy atom. The summed E-state index contributed by atoms with van der Waals surface area (Å²) >= 11 is 0. The molecule has 2 nitrogen and oxygen atoms in total. The van der Waals surface area contributed by atoms with Crippen molar-refractivity contribution in [3.8, 4) is 0 Å². The van der Waals surface area contributed by atoms with Gasteiger partial charge < -0.3 is 9.80 Å². The summed E-state index contributed by atoms with van der Waals surface area (Å²) in [5.74, 6) is 0.708. The van der Waals surface area contributed by atoms with Gasteiger partial charge in [-0.25, -0.2) is 0 Å². The van der Waals surface area contributed by atoms with Crippen LogP contribution in [0.1, 0.15) is 72.3 Å². The molecule has 1 heterocycles. The van der Waals surface area contributed by atoms with Crippen molar-refractivity contribution in [3.63, 3.8) is 0 Å². The van der Waals surface area contributed by atoms with E-state index in [1.54, 1.807) is 0 Å². The lowest BCUT2D eigenvalue weighted by molar-refractivity contribution is 0.109. The molecule has 0 aliphatic carbocycles. The quantitative estimate of drug-likeness (QED) is 0.529. The number of nitrogens with zero attached hydrogens (tertiary/aromatic N) is 2. The first-order valence-electron chi connectivity index (χ1n) is 10.6. The fourth-order valence-corrected chi connectivity index (χ4v) is 4.36. The third kappa shape index (κ3) is 5.00. The van der Waals surface area contributed by atoms with Crippen LogP contribution in [0.3, 0.4) is 0 Å². The smallest absolute Gasteiger partial charge is 0.0368 e. The zero-order valence-electron chi connectivity index (χ0n) is 17.4. The molecule has 2 heteroatoms. The van der Waals surface area contributed by atoms with Crippen molar-refractivity contribution >= 4 is 5.69 Å². The van der Waals surface area contributed by atoms with Crippen LogP contribution in [0.25, 0.3) is 0 Å². The van der Waals surface area contributed by atoms with Gasteiger partial charge in [0.1, 0.15) is 0 Å². The van der Waals surface area contributed by atoms with Crippen molar-refractivity contribution in [1.29, 1.82) is 0 Å². The minimum Gasteiger partial charge on any atom is -0.372 e. The molecule has 1 aliphatic heterocycles. The Bertz CT molecular complexity index is 509. The van der Waals surface area contributed by atoms with Gasteiger partial charge in [0.25, 0.3) is 0 Å². The molecule has 0 spiro atoms. The summed E-state index contributed by atoms with van der Waals surface area (Å²) in [7, 11) is 0. The highest BCUT2D eigenvalue weighted by Gasteiger charge is 2.37. The molecule has 0 radical (unpaired) electrons. The van der Waals surface area contributed by atoms with Crippen LogP contribution in [-0.4, -0.2) is 37.6 Å². The van der Waals surface area contributed by atoms with E-state index < -0.39 is 0 Å². The van der Waals surface area contributed by atoms with E-state index >= 15 is 0 Å². The van der Waals surface area contributed by atoms with Crippen molar-refractivity contribution in [2.45, 2.75) is 72.1 Å². The molecule has 2 atom stereocenters. The molecule has 2 rings (SSSR count). The van der Waals surface area contributed by atoms with Gasteiger partial charge in [0, 0.05) is 25.3 Å². The number of anilines is 1. The van der Waals surface area contributed by atoms with Crippen molar-refractivity contribution in [2.75, 3.05) is 37.6 Å². The number of likely N-dealkylation sites (tertiary alicyclic amines) is 1.